The molecule has 0 unspecified atom stereocenters. The van der Waals surface area contributed by atoms with Crippen LogP contribution in [-0.4, -0.2) is 42.1 Å². The monoisotopic (exact) mass is 267 g/mol. The molecule has 1 aromatic rings. The number of piperidine rings is 1. The molecule has 2 heterocycles. The number of rotatable bonds is 5. The van der Waals surface area contributed by atoms with Crippen molar-refractivity contribution in [1.29, 1.82) is 0 Å². The van der Waals surface area contributed by atoms with Crippen LogP contribution in [0.25, 0.3) is 0 Å². The van der Waals surface area contributed by atoms with Crippen LogP contribution >= 0.6 is 11.3 Å². The average molecular weight is 267 g/mol. The predicted molar refractivity (Wildman–Crippen MR) is 78.4 cm³/mol. The molecule has 18 heavy (non-hydrogen) atoms. The summed E-state index contributed by atoms with van der Waals surface area (Å²) in [4.78, 5) is 7.24. The van der Waals surface area contributed by atoms with Crippen LogP contribution in [0.15, 0.2) is 5.38 Å². The molecule has 1 aliphatic rings. The highest BCUT2D eigenvalue weighted by molar-refractivity contribution is 7.09. The highest BCUT2D eigenvalue weighted by atomic mass is 32.1. The third-order valence-electron chi connectivity index (χ3n) is 3.47. The summed E-state index contributed by atoms with van der Waals surface area (Å²) in [6.07, 6.45) is 2.62. The van der Waals surface area contributed by atoms with Gasteiger partial charge in [0, 0.05) is 42.7 Å². The van der Waals surface area contributed by atoms with E-state index >= 15 is 0 Å². The van der Waals surface area contributed by atoms with Crippen molar-refractivity contribution in [2.24, 2.45) is 0 Å². The van der Waals surface area contributed by atoms with Crippen molar-refractivity contribution in [1.82, 2.24) is 15.2 Å². The molecule has 1 N–H and O–H groups in total. The molecule has 0 aromatic carbocycles. The summed E-state index contributed by atoms with van der Waals surface area (Å²) in [5, 5.41) is 7.01. The third-order valence-corrected chi connectivity index (χ3v) is 4.60. The van der Waals surface area contributed by atoms with Gasteiger partial charge in [-0.1, -0.05) is 13.8 Å². The molecule has 0 aliphatic carbocycles. The maximum atomic E-state index is 4.65. The van der Waals surface area contributed by atoms with E-state index in [-0.39, 0.29) is 0 Å². The zero-order chi connectivity index (χ0) is 13.0. The van der Waals surface area contributed by atoms with E-state index in [1.54, 1.807) is 0 Å². The van der Waals surface area contributed by atoms with Gasteiger partial charge >= 0.3 is 0 Å². The molecule has 3 nitrogen and oxygen atoms in total. The van der Waals surface area contributed by atoms with E-state index in [1.807, 2.05) is 11.3 Å². The number of hydrogen-bond donors (Lipinski definition) is 1. The fourth-order valence-corrected chi connectivity index (χ4v) is 3.46. The van der Waals surface area contributed by atoms with E-state index in [0.29, 0.717) is 12.0 Å². The topological polar surface area (TPSA) is 28.2 Å². The molecule has 0 radical (unpaired) electrons. The molecule has 1 saturated heterocycles. The number of nitrogens with zero attached hydrogens (tertiary/aromatic N) is 2. The smallest absolute Gasteiger partial charge is 0.0971 e. The Bertz CT molecular complexity index is 362. The number of aromatic nitrogens is 1. The second kappa shape index (κ2) is 6.64. The Morgan fingerprint density at radius 3 is 3.06 bits per heavy atom. The summed E-state index contributed by atoms with van der Waals surface area (Å²) in [6.45, 7) is 11.2. The first kappa shape index (κ1) is 14.0. The standard InChI is InChI=1S/C14H25N3S/c1-11(2)15-6-8-17-7-4-5-13(9-17)14-16-12(3)10-18-14/h10-11,13,15H,4-9H2,1-3H3/t13-/m1/s1. The van der Waals surface area contributed by atoms with Crippen molar-refractivity contribution in [3.8, 4) is 0 Å². The van der Waals surface area contributed by atoms with Crippen LogP contribution in [0.2, 0.25) is 0 Å². The zero-order valence-electron chi connectivity index (χ0n) is 11.8. The number of likely N-dealkylation sites (tertiary alicyclic amines) is 1. The number of hydrogen-bond acceptors (Lipinski definition) is 4. The molecule has 0 amide bonds. The van der Waals surface area contributed by atoms with E-state index in [9.17, 15) is 0 Å². The minimum Gasteiger partial charge on any atom is -0.313 e. The van der Waals surface area contributed by atoms with Crippen LogP contribution in [0.4, 0.5) is 0 Å². The van der Waals surface area contributed by atoms with Crippen molar-refractivity contribution in [3.63, 3.8) is 0 Å². The maximum absolute atomic E-state index is 4.65. The molecule has 1 aromatic heterocycles. The molecule has 1 fully saturated rings. The molecule has 2 rings (SSSR count). The van der Waals surface area contributed by atoms with Crippen molar-refractivity contribution in [2.75, 3.05) is 26.2 Å². The van der Waals surface area contributed by atoms with Crippen LogP contribution in [0.3, 0.4) is 0 Å². The molecule has 1 atom stereocenters. The Balaban J connectivity index is 1.81. The van der Waals surface area contributed by atoms with Gasteiger partial charge in [-0.05, 0) is 26.3 Å². The highest BCUT2D eigenvalue weighted by Gasteiger charge is 2.23. The average Bonchev–Trinajstić information content (AvgIpc) is 2.76. The van der Waals surface area contributed by atoms with Crippen LogP contribution in [-0.2, 0) is 0 Å². The Hall–Kier alpha value is -0.450. The quantitative estimate of drug-likeness (QED) is 0.889. The third kappa shape index (κ3) is 4.04. The molecule has 0 spiro atoms. The first-order valence-electron chi connectivity index (χ1n) is 7.03. The zero-order valence-corrected chi connectivity index (χ0v) is 12.6. The van der Waals surface area contributed by atoms with Crippen LogP contribution in [0, 0.1) is 6.92 Å². The molecule has 0 bridgehead atoms. The highest BCUT2D eigenvalue weighted by Crippen LogP contribution is 2.28. The largest absolute Gasteiger partial charge is 0.313 e. The Morgan fingerprint density at radius 2 is 2.39 bits per heavy atom. The van der Waals surface area contributed by atoms with Gasteiger partial charge in [0.1, 0.15) is 0 Å². The van der Waals surface area contributed by atoms with Gasteiger partial charge in [0.05, 0.1) is 5.01 Å². The lowest BCUT2D eigenvalue weighted by molar-refractivity contribution is 0.207. The van der Waals surface area contributed by atoms with Gasteiger partial charge in [0.2, 0.25) is 0 Å². The Morgan fingerprint density at radius 1 is 1.56 bits per heavy atom. The van der Waals surface area contributed by atoms with Gasteiger partial charge in [-0.25, -0.2) is 4.98 Å². The van der Waals surface area contributed by atoms with Crippen LogP contribution in [0.1, 0.15) is 43.3 Å². The molecule has 102 valence electrons. The molecular formula is C14H25N3S. The molecule has 1 aliphatic heterocycles. The van der Waals surface area contributed by atoms with Crippen molar-refractivity contribution in [2.45, 2.75) is 45.6 Å². The minimum absolute atomic E-state index is 0.590. The van der Waals surface area contributed by atoms with Gasteiger partial charge in [-0.2, -0.15) is 0 Å². The van der Waals surface area contributed by atoms with E-state index in [2.05, 4.69) is 41.4 Å². The Kier molecular flexibility index (Phi) is 5.15. The number of nitrogens with one attached hydrogen (secondary N) is 1. The molecule has 0 saturated carbocycles. The summed E-state index contributed by atoms with van der Waals surface area (Å²) < 4.78 is 0. The molecular weight excluding hydrogens is 242 g/mol. The lowest BCUT2D eigenvalue weighted by Crippen LogP contribution is -2.40. The van der Waals surface area contributed by atoms with Gasteiger partial charge in [-0.3, -0.25) is 0 Å². The fourth-order valence-electron chi connectivity index (χ4n) is 2.53. The fraction of sp³-hybridized carbons (Fsp3) is 0.786. The van der Waals surface area contributed by atoms with E-state index in [0.717, 1.165) is 6.54 Å². The van der Waals surface area contributed by atoms with Gasteiger partial charge in [0.15, 0.2) is 0 Å². The lowest BCUT2D eigenvalue weighted by Gasteiger charge is -2.32. The molecule has 4 heteroatoms. The van der Waals surface area contributed by atoms with E-state index in [1.165, 1.54) is 43.2 Å². The first-order chi connectivity index (χ1) is 8.65. The second-order valence-electron chi connectivity index (χ2n) is 5.58. The number of aryl methyl sites for hydroxylation is 1. The van der Waals surface area contributed by atoms with Gasteiger partial charge < -0.3 is 10.2 Å². The normalized spacial score (nSPS) is 21.7. The number of thiazole rings is 1. The minimum atomic E-state index is 0.590. The summed E-state index contributed by atoms with van der Waals surface area (Å²) >= 11 is 1.83. The van der Waals surface area contributed by atoms with Crippen molar-refractivity contribution >= 4 is 11.3 Å². The van der Waals surface area contributed by atoms with Crippen LogP contribution in [0.5, 0.6) is 0 Å². The SMILES string of the molecule is Cc1csc([C@@H]2CCCN(CCNC(C)C)C2)n1. The van der Waals surface area contributed by atoms with Crippen LogP contribution < -0.4 is 5.32 Å². The van der Waals surface area contributed by atoms with E-state index in [4.69, 9.17) is 0 Å². The second-order valence-corrected chi connectivity index (χ2v) is 6.47. The first-order valence-corrected chi connectivity index (χ1v) is 7.91. The summed E-state index contributed by atoms with van der Waals surface area (Å²) in [5.74, 6) is 0.663. The lowest BCUT2D eigenvalue weighted by atomic mass is 9.99. The van der Waals surface area contributed by atoms with Gasteiger partial charge in [-0.15, -0.1) is 11.3 Å². The van der Waals surface area contributed by atoms with Gasteiger partial charge in [0.25, 0.3) is 0 Å². The summed E-state index contributed by atoms with van der Waals surface area (Å²) in [5.41, 5.74) is 1.17. The summed E-state index contributed by atoms with van der Waals surface area (Å²) in [7, 11) is 0. The predicted octanol–water partition coefficient (Wildman–Crippen LogP) is 2.63. The van der Waals surface area contributed by atoms with E-state index < -0.39 is 0 Å². The van der Waals surface area contributed by atoms with Crippen molar-refractivity contribution in [3.05, 3.63) is 16.1 Å². The maximum Gasteiger partial charge on any atom is 0.0971 e. The summed E-state index contributed by atoms with van der Waals surface area (Å²) in [6, 6.07) is 0.590. The van der Waals surface area contributed by atoms with Crippen molar-refractivity contribution < 1.29 is 0 Å². The Labute approximate surface area is 115 Å².